The molecular formula is C25H28N4O4. The van der Waals surface area contributed by atoms with Gasteiger partial charge in [0, 0.05) is 47.9 Å². The number of carbonyl (C=O) groups excluding carboxylic acids is 2. The molecule has 0 radical (unpaired) electrons. The first-order chi connectivity index (χ1) is 15.9. The summed E-state index contributed by atoms with van der Waals surface area (Å²) in [6, 6.07) is 15.9. The minimum Gasteiger partial charge on any atom is -0.493 e. The van der Waals surface area contributed by atoms with Crippen LogP contribution in [-0.2, 0) is 13.2 Å². The molecule has 0 bridgehead atoms. The Morgan fingerprint density at radius 3 is 2.45 bits per heavy atom. The SMILES string of the molecule is COc1ccc(NC(=O)c2ccc(CNC(=O)NC(C)C)cc2)cc1OCc1cccnc1. The average molecular weight is 449 g/mol. The maximum atomic E-state index is 12.7. The van der Waals surface area contributed by atoms with Crippen LogP contribution in [-0.4, -0.2) is 30.1 Å². The Morgan fingerprint density at radius 1 is 1.00 bits per heavy atom. The van der Waals surface area contributed by atoms with Crippen molar-refractivity contribution in [1.82, 2.24) is 15.6 Å². The summed E-state index contributed by atoms with van der Waals surface area (Å²) in [6.45, 7) is 4.49. The number of rotatable bonds is 9. The molecule has 0 fully saturated rings. The van der Waals surface area contributed by atoms with Gasteiger partial charge in [-0.25, -0.2) is 4.79 Å². The van der Waals surface area contributed by atoms with Crippen LogP contribution in [0, 0.1) is 0 Å². The number of ether oxygens (including phenoxy) is 2. The van der Waals surface area contributed by atoms with E-state index in [4.69, 9.17) is 9.47 Å². The summed E-state index contributed by atoms with van der Waals surface area (Å²) >= 11 is 0. The molecule has 3 N–H and O–H groups in total. The highest BCUT2D eigenvalue weighted by Gasteiger charge is 2.11. The molecule has 33 heavy (non-hydrogen) atoms. The Bertz CT molecular complexity index is 1070. The highest BCUT2D eigenvalue weighted by molar-refractivity contribution is 6.04. The highest BCUT2D eigenvalue weighted by atomic mass is 16.5. The molecule has 0 spiro atoms. The van der Waals surface area contributed by atoms with E-state index in [-0.39, 0.29) is 18.0 Å². The molecule has 0 unspecified atom stereocenters. The molecule has 0 saturated heterocycles. The van der Waals surface area contributed by atoms with Crippen LogP contribution < -0.4 is 25.4 Å². The van der Waals surface area contributed by atoms with Crippen molar-refractivity contribution in [2.24, 2.45) is 0 Å². The lowest BCUT2D eigenvalue weighted by Gasteiger charge is -2.13. The number of methoxy groups -OCH3 is 1. The molecule has 0 saturated carbocycles. The van der Waals surface area contributed by atoms with Crippen molar-refractivity contribution in [2.75, 3.05) is 12.4 Å². The average Bonchev–Trinajstić information content (AvgIpc) is 2.82. The number of pyridine rings is 1. The number of anilines is 1. The number of amides is 3. The third kappa shape index (κ3) is 7.24. The lowest BCUT2D eigenvalue weighted by atomic mass is 10.1. The molecule has 3 amide bonds. The lowest BCUT2D eigenvalue weighted by molar-refractivity contribution is 0.102. The molecule has 3 aromatic rings. The van der Waals surface area contributed by atoms with Crippen LogP contribution in [0.25, 0.3) is 0 Å². The van der Waals surface area contributed by atoms with E-state index in [2.05, 4.69) is 20.9 Å². The van der Waals surface area contributed by atoms with Gasteiger partial charge in [0.1, 0.15) is 6.61 Å². The summed E-state index contributed by atoms with van der Waals surface area (Å²) in [5, 5.41) is 8.42. The zero-order chi connectivity index (χ0) is 23.6. The molecule has 3 rings (SSSR count). The van der Waals surface area contributed by atoms with Gasteiger partial charge in [-0.05, 0) is 49.7 Å². The number of benzene rings is 2. The van der Waals surface area contributed by atoms with E-state index in [0.717, 1.165) is 11.1 Å². The van der Waals surface area contributed by atoms with E-state index < -0.39 is 0 Å². The summed E-state index contributed by atoms with van der Waals surface area (Å²) in [4.78, 5) is 28.5. The number of carbonyl (C=O) groups is 2. The third-order valence-corrected chi connectivity index (χ3v) is 4.63. The first kappa shape index (κ1) is 23.6. The van der Waals surface area contributed by atoms with Crippen LogP contribution in [0.1, 0.15) is 35.3 Å². The predicted molar refractivity (Wildman–Crippen MR) is 126 cm³/mol. The van der Waals surface area contributed by atoms with Crippen molar-refractivity contribution < 1.29 is 19.1 Å². The molecule has 0 atom stereocenters. The first-order valence-corrected chi connectivity index (χ1v) is 10.6. The van der Waals surface area contributed by atoms with Crippen molar-refractivity contribution in [1.29, 1.82) is 0 Å². The van der Waals surface area contributed by atoms with E-state index in [1.54, 1.807) is 62.0 Å². The number of nitrogens with zero attached hydrogens (tertiary/aromatic N) is 1. The van der Waals surface area contributed by atoms with Crippen molar-refractivity contribution in [3.05, 3.63) is 83.7 Å². The fourth-order valence-corrected chi connectivity index (χ4v) is 2.98. The lowest BCUT2D eigenvalue weighted by Crippen LogP contribution is -2.39. The van der Waals surface area contributed by atoms with Gasteiger partial charge in [-0.2, -0.15) is 0 Å². The van der Waals surface area contributed by atoms with Gasteiger partial charge < -0.3 is 25.4 Å². The second-order valence-electron chi connectivity index (χ2n) is 7.65. The van der Waals surface area contributed by atoms with E-state index in [1.807, 2.05) is 26.0 Å². The zero-order valence-electron chi connectivity index (χ0n) is 18.9. The molecule has 2 aromatic carbocycles. The molecule has 1 aromatic heterocycles. The third-order valence-electron chi connectivity index (χ3n) is 4.63. The van der Waals surface area contributed by atoms with Crippen LogP contribution in [0.3, 0.4) is 0 Å². The number of hydrogen-bond donors (Lipinski definition) is 3. The number of aromatic nitrogens is 1. The second-order valence-corrected chi connectivity index (χ2v) is 7.65. The molecule has 0 aliphatic heterocycles. The van der Waals surface area contributed by atoms with Crippen LogP contribution in [0.15, 0.2) is 67.0 Å². The minimum absolute atomic E-state index is 0.0651. The topological polar surface area (TPSA) is 102 Å². The summed E-state index contributed by atoms with van der Waals surface area (Å²) in [5.74, 6) is 0.825. The smallest absolute Gasteiger partial charge is 0.315 e. The van der Waals surface area contributed by atoms with Crippen molar-refractivity contribution in [3.8, 4) is 11.5 Å². The summed E-state index contributed by atoms with van der Waals surface area (Å²) < 4.78 is 11.2. The van der Waals surface area contributed by atoms with Gasteiger partial charge in [0.05, 0.1) is 7.11 Å². The van der Waals surface area contributed by atoms with E-state index in [9.17, 15) is 9.59 Å². The molecule has 1 heterocycles. The van der Waals surface area contributed by atoms with Crippen LogP contribution in [0.4, 0.5) is 10.5 Å². The van der Waals surface area contributed by atoms with E-state index >= 15 is 0 Å². The standard InChI is InChI=1S/C25H28N4O4/c1-17(2)28-25(31)27-15-18-6-8-20(9-7-18)24(30)29-21-10-11-22(32-3)23(13-21)33-16-19-5-4-12-26-14-19/h4-14,17H,15-16H2,1-3H3,(H,29,30)(H2,27,28,31). The Labute approximate surface area is 193 Å². The fourth-order valence-electron chi connectivity index (χ4n) is 2.98. The Hall–Kier alpha value is -4.07. The molecule has 0 aliphatic carbocycles. The fraction of sp³-hybridized carbons (Fsp3) is 0.240. The normalized spacial score (nSPS) is 10.4. The number of urea groups is 1. The van der Waals surface area contributed by atoms with Gasteiger partial charge in [0.25, 0.3) is 5.91 Å². The van der Waals surface area contributed by atoms with E-state index in [0.29, 0.717) is 35.9 Å². The Morgan fingerprint density at radius 2 is 1.79 bits per heavy atom. The summed E-state index contributed by atoms with van der Waals surface area (Å²) in [6.07, 6.45) is 3.43. The Balaban J connectivity index is 1.60. The van der Waals surface area contributed by atoms with Crippen molar-refractivity contribution in [3.63, 3.8) is 0 Å². The van der Waals surface area contributed by atoms with Crippen molar-refractivity contribution >= 4 is 17.6 Å². The maximum absolute atomic E-state index is 12.7. The van der Waals surface area contributed by atoms with Crippen LogP contribution >= 0.6 is 0 Å². The van der Waals surface area contributed by atoms with Gasteiger partial charge in [0.2, 0.25) is 0 Å². The van der Waals surface area contributed by atoms with Gasteiger partial charge >= 0.3 is 6.03 Å². The Kier molecular flexibility index (Phi) is 8.24. The first-order valence-electron chi connectivity index (χ1n) is 10.6. The zero-order valence-corrected chi connectivity index (χ0v) is 18.9. The molecule has 8 nitrogen and oxygen atoms in total. The minimum atomic E-state index is -0.254. The summed E-state index contributed by atoms with van der Waals surface area (Å²) in [7, 11) is 1.56. The largest absolute Gasteiger partial charge is 0.493 e. The number of hydrogen-bond acceptors (Lipinski definition) is 5. The number of nitrogens with one attached hydrogen (secondary N) is 3. The maximum Gasteiger partial charge on any atom is 0.315 e. The molecule has 8 heteroatoms. The van der Waals surface area contributed by atoms with Gasteiger partial charge in [-0.1, -0.05) is 18.2 Å². The van der Waals surface area contributed by atoms with Crippen molar-refractivity contribution in [2.45, 2.75) is 33.0 Å². The monoisotopic (exact) mass is 448 g/mol. The van der Waals surface area contributed by atoms with E-state index in [1.165, 1.54) is 0 Å². The van der Waals surface area contributed by atoms with Crippen LogP contribution in [0.5, 0.6) is 11.5 Å². The quantitative estimate of drug-likeness (QED) is 0.457. The van der Waals surface area contributed by atoms with Gasteiger partial charge in [-0.15, -0.1) is 0 Å². The van der Waals surface area contributed by atoms with Gasteiger partial charge in [0.15, 0.2) is 11.5 Å². The molecule has 0 aliphatic rings. The predicted octanol–water partition coefficient (Wildman–Crippen LogP) is 4.13. The van der Waals surface area contributed by atoms with Gasteiger partial charge in [-0.3, -0.25) is 9.78 Å². The molecule has 172 valence electrons. The summed E-state index contributed by atoms with van der Waals surface area (Å²) in [5.41, 5.74) is 2.89. The highest BCUT2D eigenvalue weighted by Crippen LogP contribution is 2.31. The molecular weight excluding hydrogens is 420 g/mol. The van der Waals surface area contributed by atoms with Crippen LogP contribution in [0.2, 0.25) is 0 Å². The second kappa shape index (κ2) is 11.5.